The van der Waals surface area contributed by atoms with Crippen LogP contribution in [0.4, 0.5) is 0 Å². The van der Waals surface area contributed by atoms with Crippen molar-refractivity contribution >= 4 is 11.8 Å². The van der Waals surface area contributed by atoms with Gasteiger partial charge in [0, 0.05) is 12.6 Å². The fraction of sp³-hybridized carbons (Fsp3) is 0.750. The van der Waals surface area contributed by atoms with Gasteiger partial charge in [0.1, 0.15) is 12.1 Å². The van der Waals surface area contributed by atoms with Crippen molar-refractivity contribution in [3.63, 3.8) is 0 Å². The van der Waals surface area contributed by atoms with Crippen LogP contribution < -0.4 is 0 Å². The van der Waals surface area contributed by atoms with Crippen LogP contribution in [-0.2, 0) is 9.59 Å². The molecular formula is C16H26N2O2. The van der Waals surface area contributed by atoms with Gasteiger partial charge in [0.05, 0.1) is 0 Å². The highest BCUT2D eigenvalue weighted by atomic mass is 16.2. The Labute approximate surface area is 121 Å². The summed E-state index contributed by atoms with van der Waals surface area (Å²) in [5.41, 5.74) is 0. The maximum Gasteiger partial charge on any atom is 0.246 e. The Kier molecular flexibility index (Phi) is 4.51. The van der Waals surface area contributed by atoms with E-state index in [0.29, 0.717) is 0 Å². The summed E-state index contributed by atoms with van der Waals surface area (Å²) in [7, 11) is 0. The van der Waals surface area contributed by atoms with Gasteiger partial charge in [0.2, 0.25) is 11.8 Å². The molecule has 3 unspecified atom stereocenters. The van der Waals surface area contributed by atoms with E-state index in [2.05, 4.69) is 6.58 Å². The van der Waals surface area contributed by atoms with Gasteiger partial charge in [-0.15, -0.1) is 6.58 Å². The Morgan fingerprint density at radius 1 is 1.25 bits per heavy atom. The van der Waals surface area contributed by atoms with E-state index in [1.807, 2.05) is 36.6 Å². The fourth-order valence-corrected chi connectivity index (χ4v) is 3.50. The second-order valence-electron chi connectivity index (χ2n) is 6.35. The van der Waals surface area contributed by atoms with Crippen LogP contribution in [0.1, 0.15) is 46.5 Å². The zero-order valence-electron chi connectivity index (χ0n) is 12.8. The molecule has 0 aliphatic carbocycles. The molecule has 2 heterocycles. The standard InChI is InChI=1S/C16H26N2O2/c1-5-8-12(4)18-14(11(2)3)16(20)17-10-7-6-9-13(17)15(18)19/h5,11-14H,1,6-10H2,2-4H3. The molecule has 2 rings (SSSR count). The summed E-state index contributed by atoms with van der Waals surface area (Å²) in [6.07, 6.45) is 5.42. The van der Waals surface area contributed by atoms with Crippen molar-refractivity contribution in [3.8, 4) is 0 Å². The molecule has 20 heavy (non-hydrogen) atoms. The number of piperidine rings is 1. The van der Waals surface area contributed by atoms with Crippen molar-refractivity contribution in [2.45, 2.75) is 64.6 Å². The first-order valence-corrected chi connectivity index (χ1v) is 7.72. The highest BCUT2D eigenvalue weighted by molar-refractivity contribution is 5.97. The monoisotopic (exact) mass is 278 g/mol. The predicted molar refractivity (Wildman–Crippen MR) is 79.1 cm³/mol. The molecule has 0 N–H and O–H groups in total. The average molecular weight is 278 g/mol. The van der Waals surface area contributed by atoms with Gasteiger partial charge < -0.3 is 9.80 Å². The number of nitrogens with zero attached hydrogens (tertiary/aromatic N) is 2. The molecule has 2 aliphatic rings. The van der Waals surface area contributed by atoms with Gasteiger partial charge in [-0.25, -0.2) is 0 Å². The third-order valence-electron chi connectivity index (χ3n) is 4.49. The molecule has 4 heteroatoms. The third-order valence-corrected chi connectivity index (χ3v) is 4.49. The van der Waals surface area contributed by atoms with E-state index in [0.717, 1.165) is 32.2 Å². The third kappa shape index (κ3) is 2.48. The predicted octanol–water partition coefficient (Wildman–Crippen LogP) is 2.20. The molecule has 3 atom stereocenters. The minimum atomic E-state index is -0.313. The molecular weight excluding hydrogens is 252 g/mol. The quantitative estimate of drug-likeness (QED) is 0.740. The van der Waals surface area contributed by atoms with E-state index < -0.39 is 0 Å². The summed E-state index contributed by atoms with van der Waals surface area (Å²) in [5, 5.41) is 0. The van der Waals surface area contributed by atoms with Gasteiger partial charge in [-0.2, -0.15) is 0 Å². The highest BCUT2D eigenvalue weighted by Gasteiger charge is 2.48. The second kappa shape index (κ2) is 5.98. The maximum absolute atomic E-state index is 12.8. The van der Waals surface area contributed by atoms with Gasteiger partial charge in [0.15, 0.2) is 0 Å². The zero-order valence-corrected chi connectivity index (χ0v) is 12.8. The minimum absolute atomic E-state index is 0.0421. The van der Waals surface area contributed by atoms with Gasteiger partial charge in [-0.05, 0) is 38.5 Å². The first kappa shape index (κ1) is 15.1. The van der Waals surface area contributed by atoms with Crippen LogP contribution in [0.5, 0.6) is 0 Å². The van der Waals surface area contributed by atoms with Crippen molar-refractivity contribution in [2.24, 2.45) is 5.92 Å². The lowest BCUT2D eigenvalue weighted by Gasteiger charge is -2.50. The molecule has 0 radical (unpaired) electrons. The van der Waals surface area contributed by atoms with Gasteiger partial charge in [-0.3, -0.25) is 9.59 Å². The summed E-state index contributed by atoms with van der Waals surface area (Å²) >= 11 is 0. The first-order chi connectivity index (χ1) is 9.49. The molecule has 112 valence electrons. The fourth-order valence-electron chi connectivity index (χ4n) is 3.50. The summed E-state index contributed by atoms with van der Waals surface area (Å²) in [6.45, 7) is 10.6. The minimum Gasteiger partial charge on any atom is -0.329 e. The number of carbonyl (C=O) groups excluding carboxylic acids is 2. The van der Waals surface area contributed by atoms with Crippen molar-refractivity contribution in [1.29, 1.82) is 0 Å². The molecule has 2 fully saturated rings. The molecule has 2 saturated heterocycles. The number of fused-ring (bicyclic) bond motifs is 1. The lowest BCUT2D eigenvalue weighted by Crippen LogP contribution is -2.68. The number of hydrogen-bond donors (Lipinski definition) is 0. The van der Waals surface area contributed by atoms with Crippen LogP contribution >= 0.6 is 0 Å². The molecule has 2 amide bonds. The van der Waals surface area contributed by atoms with Crippen molar-refractivity contribution in [2.75, 3.05) is 6.54 Å². The SMILES string of the molecule is C=CCC(C)N1C(=O)C2CCCCN2C(=O)C1C(C)C. The van der Waals surface area contributed by atoms with Crippen molar-refractivity contribution < 1.29 is 9.59 Å². The maximum atomic E-state index is 12.8. The van der Waals surface area contributed by atoms with E-state index in [1.54, 1.807) is 0 Å². The average Bonchev–Trinajstić information content (AvgIpc) is 2.42. The lowest BCUT2D eigenvalue weighted by atomic mass is 9.89. The topological polar surface area (TPSA) is 40.6 Å². The summed E-state index contributed by atoms with van der Waals surface area (Å²) in [5.74, 6) is 0.416. The Balaban J connectivity index is 2.33. The number of hydrogen-bond acceptors (Lipinski definition) is 2. The van der Waals surface area contributed by atoms with Crippen molar-refractivity contribution in [3.05, 3.63) is 12.7 Å². The Morgan fingerprint density at radius 3 is 2.55 bits per heavy atom. The number of carbonyl (C=O) groups is 2. The summed E-state index contributed by atoms with van der Waals surface area (Å²) in [6, 6.07) is -0.495. The largest absolute Gasteiger partial charge is 0.329 e. The molecule has 0 saturated carbocycles. The van der Waals surface area contributed by atoms with E-state index in [9.17, 15) is 9.59 Å². The van der Waals surface area contributed by atoms with Crippen molar-refractivity contribution in [1.82, 2.24) is 9.80 Å². The zero-order chi connectivity index (χ0) is 14.9. The number of rotatable bonds is 4. The molecule has 0 spiro atoms. The van der Waals surface area contributed by atoms with E-state index >= 15 is 0 Å². The van der Waals surface area contributed by atoms with Crippen LogP contribution in [0.2, 0.25) is 0 Å². The molecule has 4 nitrogen and oxygen atoms in total. The summed E-state index contributed by atoms with van der Waals surface area (Å²) < 4.78 is 0. The van der Waals surface area contributed by atoms with E-state index in [4.69, 9.17) is 0 Å². The molecule has 2 aliphatic heterocycles. The number of amides is 2. The Bertz CT molecular complexity index is 405. The smallest absolute Gasteiger partial charge is 0.246 e. The van der Waals surface area contributed by atoms with Gasteiger partial charge in [-0.1, -0.05) is 19.9 Å². The highest BCUT2D eigenvalue weighted by Crippen LogP contribution is 2.31. The Hall–Kier alpha value is -1.32. The van der Waals surface area contributed by atoms with E-state index in [1.165, 1.54) is 0 Å². The van der Waals surface area contributed by atoms with Crippen LogP contribution in [0.15, 0.2) is 12.7 Å². The van der Waals surface area contributed by atoms with Gasteiger partial charge >= 0.3 is 0 Å². The second-order valence-corrected chi connectivity index (χ2v) is 6.35. The lowest BCUT2D eigenvalue weighted by molar-refractivity contribution is -0.168. The van der Waals surface area contributed by atoms with Crippen LogP contribution in [0.3, 0.4) is 0 Å². The van der Waals surface area contributed by atoms with Crippen LogP contribution in [-0.4, -0.2) is 46.3 Å². The molecule has 0 aromatic heterocycles. The number of piperazine rings is 1. The molecule has 0 aromatic carbocycles. The molecule has 0 aromatic rings. The van der Waals surface area contributed by atoms with Crippen LogP contribution in [0.25, 0.3) is 0 Å². The van der Waals surface area contributed by atoms with Crippen LogP contribution in [0, 0.1) is 5.92 Å². The Morgan fingerprint density at radius 2 is 1.95 bits per heavy atom. The molecule has 0 bridgehead atoms. The first-order valence-electron chi connectivity index (χ1n) is 7.72. The van der Waals surface area contributed by atoms with Gasteiger partial charge in [0.25, 0.3) is 0 Å². The normalized spacial score (nSPS) is 28.6. The summed E-state index contributed by atoms with van der Waals surface area (Å²) in [4.78, 5) is 29.3. The van der Waals surface area contributed by atoms with E-state index in [-0.39, 0.29) is 35.9 Å².